The summed E-state index contributed by atoms with van der Waals surface area (Å²) in [7, 11) is 0. The van der Waals surface area contributed by atoms with Crippen LogP contribution in [-0.2, 0) is 4.79 Å². The molecule has 0 radical (unpaired) electrons. The molecule has 0 fully saturated rings. The summed E-state index contributed by atoms with van der Waals surface area (Å²) in [5.74, 6) is 0.287. The molecule has 0 aliphatic heterocycles. The van der Waals surface area contributed by atoms with Crippen molar-refractivity contribution in [2.24, 2.45) is 5.10 Å². The highest BCUT2D eigenvalue weighted by molar-refractivity contribution is 7.99. The molecule has 0 aliphatic carbocycles. The first-order chi connectivity index (χ1) is 15.5. The third-order valence-corrected chi connectivity index (χ3v) is 6.60. The van der Waals surface area contributed by atoms with E-state index >= 15 is 0 Å². The molecular weight excluding hydrogens is 440 g/mol. The second kappa shape index (κ2) is 9.93. The molecule has 4 rings (SSSR count). The number of fused-ring (bicyclic) bond motifs is 1. The van der Waals surface area contributed by atoms with E-state index in [2.05, 4.69) is 46.5 Å². The van der Waals surface area contributed by atoms with Gasteiger partial charge in [-0.25, -0.2) is 10.4 Å². The Morgan fingerprint density at radius 2 is 1.94 bits per heavy atom. The number of nitrogens with zero attached hydrogens (tertiary/aromatic N) is 2. The summed E-state index contributed by atoms with van der Waals surface area (Å²) in [6.45, 7) is 4.28. The van der Waals surface area contributed by atoms with Crippen molar-refractivity contribution in [3.8, 4) is 11.1 Å². The topological polar surface area (TPSA) is 87.2 Å². The normalized spacial score (nSPS) is 11.5. The van der Waals surface area contributed by atoms with E-state index < -0.39 is 0 Å². The van der Waals surface area contributed by atoms with Crippen LogP contribution in [-0.4, -0.2) is 27.8 Å². The molecule has 2 aromatic carbocycles. The van der Waals surface area contributed by atoms with Crippen molar-refractivity contribution in [1.82, 2.24) is 15.4 Å². The van der Waals surface area contributed by atoms with Crippen LogP contribution in [0.1, 0.15) is 30.9 Å². The van der Waals surface area contributed by atoms with E-state index in [4.69, 9.17) is 0 Å². The number of hydrazone groups is 1. The summed E-state index contributed by atoms with van der Waals surface area (Å²) in [6.07, 6.45) is 1.61. The molecular formula is C24H22N4O2S2. The Labute approximate surface area is 193 Å². The van der Waals surface area contributed by atoms with Crippen molar-refractivity contribution in [1.29, 1.82) is 0 Å². The lowest BCUT2D eigenvalue weighted by atomic mass is 10.0. The van der Waals surface area contributed by atoms with Crippen molar-refractivity contribution in [3.63, 3.8) is 0 Å². The number of thiophene rings is 1. The maximum Gasteiger partial charge on any atom is 0.260 e. The molecule has 8 heteroatoms. The van der Waals surface area contributed by atoms with Crippen LogP contribution in [0.25, 0.3) is 21.3 Å². The van der Waals surface area contributed by atoms with Crippen LogP contribution in [0.5, 0.6) is 0 Å². The summed E-state index contributed by atoms with van der Waals surface area (Å²) in [6, 6.07) is 17.8. The zero-order valence-corrected chi connectivity index (χ0v) is 19.3. The second-order valence-electron chi connectivity index (χ2n) is 7.47. The SMILES string of the molecule is CC(C)c1ccc(/C=N/NC(=O)CSc2nc3scc(-c4ccccc4)c3c(=O)[nH]2)cc1. The average molecular weight is 463 g/mol. The third kappa shape index (κ3) is 5.15. The zero-order valence-electron chi connectivity index (χ0n) is 17.7. The number of aromatic nitrogens is 2. The molecule has 0 atom stereocenters. The predicted octanol–water partition coefficient (Wildman–Crippen LogP) is 5.02. The number of aromatic amines is 1. The van der Waals surface area contributed by atoms with Gasteiger partial charge in [-0.2, -0.15) is 5.10 Å². The van der Waals surface area contributed by atoms with E-state index in [-0.39, 0.29) is 17.2 Å². The number of nitrogens with one attached hydrogen (secondary N) is 2. The summed E-state index contributed by atoms with van der Waals surface area (Å²) < 4.78 is 0. The number of hydrogen-bond donors (Lipinski definition) is 2. The van der Waals surface area contributed by atoms with Crippen LogP contribution in [0.15, 0.2) is 75.0 Å². The van der Waals surface area contributed by atoms with Gasteiger partial charge in [-0.15, -0.1) is 11.3 Å². The molecule has 0 spiro atoms. The first kappa shape index (κ1) is 22.0. The number of benzene rings is 2. The van der Waals surface area contributed by atoms with Gasteiger partial charge in [0.1, 0.15) is 4.83 Å². The van der Waals surface area contributed by atoms with Gasteiger partial charge in [-0.3, -0.25) is 9.59 Å². The molecule has 0 bridgehead atoms. The van der Waals surface area contributed by atoms with Crippen LogP contribution >= 0.6 is 23.1 Å². The van der Waals surface area contributed by atoms with E-state index in [1.807, 2.05) is 47.8 Å². The summed E-state index contributed by atoms with van der Waals surface area (Å²) in [5.41, 5.74) is 6.30. The minimum atomic E-state index is -0.274. The van der Waals surface area contributed by atoms with Crippen molar-refractivity contribution < 1.29 is 4.79 Å². The minimum absolute atomic E-state index is 0.0923. The number of thioether (sulfide) groups is 1. The molecule has 2 heterocycles. The van der Waals surface area contributed by atoms with E-state index in [9.17, 15) is 9.59 Å². The fourth-order valence-electron chi connectivity index (χ4n) is 3.14. The molecule has 32 heavy (non-hydrogen) atoms. The molecule has 0 aliphatic rings. The fraction of sp³-hybridized carbons (Fsp3) is 0.167. The van der Waals surface area contributed by atoms with Crippen LogP contribution in [0.2, 0.25) is 0 Å². The van der Waals surface area contributed by atoms with Gasteiger partial charge >= 0.3 is 0 Å². The Balaban J connectivity index is 1.37. The van der Waals surface area contributed by atoms with Gasteiger partial charge < -0.3 is 4.98 Å². The number of rotatable bonds is 7. The molecule has 162 valence electrons. The van der Waals surface area contributed by atoms with Crippen LogP contribution in [0, 0.1) is 0 Å². The van der Waals surface area contributed by atoms with Gasteiger partial charge in [0, 0.05) is 10.9 Å². The number of amides is 1. The van der Waals surface area contributed by atoms with Gasteiger partial charge in [0.15, 0.2) is 5.16 Å². The van der Waals surface area contributed by atoms with Gasteiger partial charge in [0.05, 0.1) is 17.4 Å². The van der Waals surface area contributed by atoms with E-state index in [0.29, 0.717) is 21.3 Å². The Bertz CT molecular complexity index is 1310. The maximum absolute atomic E-state index is 12.7. The van der Waals surface area contributed by atoms with E-state index in [1.54, 1.807) is 6.21 Å². The maximum atomic E-state index is 12.7. The number of carbonyl (C=O) groups is 1. The molecule has 0 unspecified atom stereocenters. The van der Waals surface area contributed by atoms with Crippen molar-refractivity contribution in [3.05, 3.63) is 81.5 Å². The summed E-state index contributed by atoms with van der Waals surface area (Å²) in [4.78, 5) is 32.7. The lowest BCUT2D eigenvalue weighted by Crippen LogP contribution is -2.20. The first-order valence-corrected chi connectivity index (χ1v) is 12.0. The zero-order chi connectivity index (χ0) is 22.5. The highest BCUT2D eigenvalue weighted by Crippen LogP contribution is 2.31. The number of H-pyrrole nitrogens is 1. The lowest BCUT2D eigenvalue weighted by Gasteiger charge is -2.04. The van der Waals surface area contributed by atoms with Crippen LogP contribution in [0.3, 0.4) is 0 Å². The van der Waals surface area contributed by atoms with Gasteiger partial charge in [0.25, 0.3) is 11.5 Å². The van der Waals surface area contributed by atoms with Crippen molar-refractivity contribution in [2.75, 3.05) is 5.75 Å². The second-order valence-corrected chi connectivity index (χ2v) is 9.29. The summed E-state index contributed by atoms with van der Waals surface area (Å²) >= 11 is 2.59. The molecule has 0 saturated heterocycles. The first-order valence-electron chi connectivity index (χ1n) is 10.1. The van der Waals surface area contributed by atoms with Crippen molar-refractivity contribution >= 4 is 45.4 Å². The predicted molar refractivity (Wildman–Crippen MR) is 133 cm³/mol. The van der Waals surface area contributed by atoms with Gasteiger partial charge in [-0.1, -0.05) is 80.2 Å². The van der Waals surface area contributed by atoms with Crippen LogP contribution in [0.4, 0.5) is 0 Å². The molecule has 2 aromatic heterocycles. The smallest absolute Gasteiger partial charge is 0.260 e. The van der Waals surface area contributed by atoms with E-state index in [1.165, 1.54) is 28.7 Å². The largest absolute Gasteiger partial charge is 0.301 e. The third-order valence-electron chi connectivity index (χ3n) is 4.85. The average Bonchev–Trinajstić information content (AvgIpc) is 3.23. The highest BCUT2D eigenvalue weighted by atomic mass is 32.2. The highest BCUT2D eigenvalue weighted by Gasteiger charge is 2.13. The molecule has 1 amide bonds. The summed E-state index contributed by atoms with van der Waals surface area (Å²) in [5, 5.41) is 6.92. The molecule has 0 saturated carbocycles. The quantitative estimate of drug-likeness (QED) is 0.175. The Hall–Kier alpha value is -3.23. The lowest BCUT2D eigenvalue weighted by molar-refractivity contribution is -0.118. The molecule has 4 aromatic rings. The number of hydrogen-bond acceptors (Lipinski definition) is 6. The number of carbonyl (C=O) groups excluding carboxylic acids is 1. The standard InChI is InChI=1S/C24H22N4O2S2/c1-15(2)17-10-8-16(9-11-17)12-25-28-20(29)14-32-24-26-22(30)21-19(13-31-23(21)27-24)18-6-4-3-5-7-18/h3-13,15H,14H2,1-2H3,(H,28,29)(H,26,27,30)/b25-12+. The Kier molecular flexibility index (Phi) is 6.82. The van der Waals surface area contributed by atoms with Gasteiger partial charge in [0.2, 0.25) is 0 Å². The Morgan fingerprint density at radius 1 is 1.19 bits per heavy atom. The van der Waals surface area contributed by atoms with Crippen molar-refractivity contribution in [2.45, 2.75) is 24.9 Å². The van der Waals surface area contributed by atoms with E-state index in [0.717, 1.165) is 16.7 Å². The van der Waals surface area contributed by atoms with Crippen LogP contribution < -0.4 is 11.0 Å². The Morgan fingerprint density at radius 3 is 2.66 bits per heavy atom. The molecule has 2 N–H and O–H groups in total. The fourth-order valence-corrected chi connectivity index (χ4v) is 4.80. The molecule has 6 nitrogen and oxygen atoms in total. The minimum Gasteiger partial charge on any atom is -0.301 e. The van der Waals surface area contributed by atoms with Gasteiger partial charge in [-0.05, 0) is 22.6 Å². The monoisotopic (exact) mass is 462 g/mol.